The van der Waals surface area contributed by atoms with E-state index in [9.17, 15) is 0 Å². The van der Waals surface area contributed by atoms with Gasteiger partial charge in [0.05, 0.1) is 16.8 Å². The molecule has 0 unspecified atom stereocenters. The lowest BCUT2D eigenvalue weighted by Gasteiger charge is -2.17. The second kappa shape index (κ2) is 5.09. The van der Waals surface area contributed by atoms with E-state index in [-0.39, 0.29) is 0 Å². The average molecular weight is 293 g/mol. The molecule has 0 saturated carbocycles. The Labute approximate surface area is 129 Å². The van der Waals surface area contributed by atoms with Gasteiger partial charge in [0, 0.05) is 13.1 Å². The Bertz CT molecular complexity index is 816. The minimum absolute atomic E-state index is 0.798. The number of hydrogen-bond donors (Lipinski definition) is 0. The Balaban J connectivity index is 1.98. The van der Waals surface area contributed by atoms with Gasteiger partial charge in [-0.25, -0.2) is 14.6 Å². The predicted molar refractivity (Wildman–Crippen MR) is 87.6 cm³/mol. The maximum Gasteiger partial charge on any atom is 0.168 e. The van der Waals surface area contributed by atoms with Crippen LogP contribution in [0, 0.1) is 13.8 Å². The number of rotatable bonds is 2. The van der Waals surface area contributed by atoms with Crippen LogP contribution in [0.3, 0.4) is 0 Å². The monoisotopic (exact) mass is 293 g/mol. The van der Waals surface area contributed by atoms with Crippen LogP contribution in [0.1, 0.15) is 24.4 Å². The molecule has 1 fully saturated rings. The highest BCUT2D eigenvalue weighted by Gasteiger charge is 2.22. The maximum atomic E-state index is 4.72. The third kappa shape index (κ3) is 2.04. The first kappa shape index (κ1) is 13.2. The van der Waals surface area contributed by atoms with Gasteiger partial charge in [0.2, 0.25) is 0 Å². The highest BCUT2D eigenvalue weighted by Crippen LogP contribution is 2.30. The molecule has 0 aliphatic carbocycles. The first-order valence-electron chi connectivity index (χ1n) is 7.78. The van der Waals surface area contributed by atoms with Crippen LogP contribution in [-0.2, 0) is 0 Å². The smallest absolute Gasteiger partial charge is 0.168 e. The van der Waals surface area contributed by atoms with Crippen LogP contribution in [0.15, 0.2) is 30.3 Å². The number of anilines is 1. The molecule has 5 heteroatoms. The Hall–Kier alpha value is -2.43. The van der Waals surface area contributed by atoms with Crippen LogP contribution in [0.4, 0.5) is 5.82 Å². The Morgan fingerprint density at radius 3 is 2.41 bits per heavy atom. The van der Waals surface area contributed by atoms with E-state index in [1.54, 1.807) is 0 Å². The van der Waals surface area contributed by atoms with Crippen molar-refractivity contribution in [2.45, 2.75) is 26.7 Å². The highest BCUT2D eigenvalue weighted by atomic mass is 15.3. The maximum absolute atomic E-state index is 4.72. The fraction of sp³-hybridized carbons (Fsp3) is 0.353. The van der Waals surface area contributed by atoms with E-state index in [0.717, 1.165) is 47.1 Å². The molecule has 3 heterocycles. The predicted octanol–water partition coefficient (Wildman–Crippen LogP) is 3.03. The molecule has 5 nitrogen and oxygen atoms in total. The van der Waals surface area contributed by atoms with Crippen molar-refractivity contribution in [3.05, 3.63) is 41.9 Å². The van der Waals surface area contributed by atoms with Crippen LogP contribution < -0.4 is 4.90 Å². The van der Waals surface area contributed by atoms with Gasteiger partial charge in [-0.1, -0.05) is 18.2 Å². The van der Waals surface area contributed by atoms with E-state index in [4.69, 9.17) is 10.1 Å². The zero-order valence-electron chi connectivity index (χ0n) is 13.0. The van der Waals surface area contributed by atoms with Gasteiger partial charge in [-0.2, -0.15) is 5.10 Å². The van der Waals surface area contributed by atoms with Crippen molar-refractivity contribution in [3.8, 4) is 5.69 Å². The van der Waals surface area contributed by atoms with Gasteiger partial charge in [-0.15, -0.1) is 0 Å². The van der Waals surface area contributed by atoms with Gasteiger partial charge in [0.25, 0.3) is 0 Å². The second-order valence-corrected chi connectivity index (χ2v) is 5.82. The van der Waals surface area contributed by atoms with Crippen molar-refractivity contribution in [2.75, 3.05) is 18.0 Å². The van der Waals surface area contributed by atoms with Crippen molar-refractivity contribution in [1.29, 1.82) is 0 Å². The van der Waals surface area contributed by atoms with Gasteiger partial charge in [-0.3, -0.25) is 0 Å². The summed E-state index contributed by atoms with van der Waals surface area (Å²) in [5, 5.41) is 5.80. The van der Waals surface area contributed by atoms with Crippen molar-refractivity contribution in [2.24, 2.45) is 0 Å². The van der Waals surface area contributed by atoms with Crippen molar-refractivity contribution in [1.82, 2.24) is 19.7 Å². The molecule has 1 aromatic carbocycles. The van der Waals surface area contributed by atoms with E-state index < -0.39 is 0 Å². The van der Waals surface area contributed by atoms with E-state index in [0.29, 0.717) is 0 Å². The number of aryl methyl sites for hydroxylation is 2. The number of benzene rings is 1. The number of nitrogens with zero attached hydrogens (tertiary/aromatic N) is 5. The van der Waals surface area contributed by atoms with Crippen LogP contribution in [-0.4, -0.2) is 32.8 Å². The van der Waals surface area contributed by atoms with Crippen LogP contribution in [0.5, 0.6) is 0 Å². The minimum atomic E-state index is 0.798. The molecule has 22 heavy (non-hydrogen) atoms. The van der Waals surface area contributed by atoms with Crippen molar-refractivity contribution >= 4 is 16.9 Å². The number of hydrogen-bond acceptors (Lipinski definition) is 4. The van der Waals surface area contributed by atoms with Gasteiger partial charge in [0.1, 0.15) is 11.6 Å². The van der Waals surface area contributed by atoms with Gasteiger partial charge >= 0.3 is 0 Å². The third-order valence-electron chi connectivity index (χ3n) is 4.20. The molecule has 0 spiro atoms. The molecule has 0 atom stereocenters. The number of para-hydroxylation sites is 1. The van der Waals surface area contributed by atoms with Crippen LogP contribution >= 0.6 is 0 Å². The summed E-state index contributed by atoms with van der Waals surface area (Å²) >= 11 is 0. The largest absolute Gasteiger partial charge is 0.356 e. The summed E-state index contributed by atoms with van der Waals surface area (Å²) in [6.07, 6.45) is 2.47. The van der Waals surface area contributed by atoms with E-state index in [1.807, 2.05) is 36.7 Å². The quantitative estimate of drug-likeness (QED) is 0.728. The van der Waals surface area contributed by atoms with Crippen LogP contribution in [0.2, 0.25) is 0 Å². The summed E-state index contributed by atoms with van der Waals surface area (Å²) in [7, 11) is 0. The minimum Gasteiger partial charge on any atom is -0.356 e. The average Bonchev–Trinajstić information content (AvgIpc) is 3.16. The number of fused-ring (bicyclic) bond motifs is 1. The molecule has 1 saturated heterocycles. The molecular weight excluding hydrogens is 274 g/mol. The van der Waals surface area contributed by atoms with Gasteiger partial charge in [0.15, 0.2) is 5.65 Å². The first-order chi connectivity index (χ1) is 10.7. The Kier molecular flexibility index (Phi) is 3.06. The van der Waals surface area contributed by atoms with Crippen molar-refractivity contribution in [3.63, 3.8) is 0 Å². The first-order valence-corrected chi connectivity index (χ1v) is 7.78. The molecule has 3 aromatic rings. The summed E-state index contributed by atoms with van der Waals surface area (Å²) < 4.78 is 1.93. The molecule has 112 valence electrons. The molecule has 0 N–H and O–H groups in total. The fourth-order valence-electron chi connectivity index (χ4n) is 3.17. The van der Waals surface area contributed by atoms with Gasteiger partial charge in [-0.05, 0) is 38.8 Å². The summed E-state index contributed by atoms with van der Waals surface area (Å²) in [6, 6.07) is 10.2. The van der Waals surface area contributed by atoms with Crippen LogP contribution in [0.25, 0.3) is 16.7 Å². The standard InChI is InChI=1S/C17H19N5/c1-12-15-16(21-10-6-7-11-21)18-13(2)19-17(15)22(20-12)14-8-4-3-5-9-14/h3-5,8-9H,6-7,10-11H2,1-2H3. The Morgan fingerprint density at radius 2 is 1.68 bits per heavy atom. The summed E-state index contributed by atoms with van der Waals surface area (Å²) in [5.41, 5.74) is 2.92. The third-order valence-corrected chi connectivity index (χ3v) is 4.20. The van der Waals surface area contributed by atoms with Crippen molar-refractivity contribution < 1.29 is 0 Å². The van der Waals surface area contributed by atoms with E-state index in [2.05, 4.69) is 22.0 Å². The molecular formula is C17H19N5. The molecule has 2 aromatic heterocycles. The molecule has 1 aliphatic heterocycles. The Morgan fingerprint density at radius 1 is 0.955 bits per heavy atom. The topological polar surface area (TPSA) is 46.8 Å². The highest BCUT2D eigenvalue weighted by molar-refractivity contribution is 5.91. The lowest BCUT2D eigenvalue weighted by Crippen LogP contribution is -2.20. The summed E-state index contributed by atoms with van der Waals surface area (Å²) in [4.78, 5) is 11.7. The molecule has 0 radical (unpaired) electrons. The van der Waals surface area contributed by atoms with Gasteiger partial charge < -0.3 is 4.90 Å². The van der Waals surface area contributed by atoms with E-state index >= 15 is 0 Å². The normalized spacial score (nSPS) is 14.9. The molecule has 0 amide bonds. The lowest BCUT2D eigenvalue weighted by atomic mass is 10.2. The summed E-state index contributed by atoms with van der Waals surface area (Å²) in [5.74, 6) is 1.84. The SMILES string of the molecule is Cc1nc(N2CCCC2)c2c(C)nn(-c3ccccc3)c2n1. The fourth-order valence-corrected chi connectivity index (χ4v) is 3.17. The summed E-state index contributed by atoms with van der Waals surface area (Å²) in [6.45, 7) is 6.14. The lowest BCUT2D eigenvalue weighted by molar-refractivity contribution is 0.870. The number of aromatic nitrogens is 4. The molecule has 4 rings (SSSR count). The molecule has 1 aliphatic rings. The van der Waals surface area contributed by atoms with E-state index in [1.165, 1.54) is 12.8 Å². The zero-order chi connectivity index (χ0) is 15.1. The molecule has 0 bridgehead atoms. The zero-order valence-corrected chi connectivity index (χ0v) is 13.0. The second-order valence-electron chi connectivity index (χ2n) is 5.82.